The Bertz CT molecular complexity index is 448. The van der Waals surface area contributed by atoms with Crippen LogP contribution in [-0.2, 0) is 17.9 Å². The van der Waals surface area contributed by atoms with Crippen LogP contribution in [0.3, 0.4) is 0 Å². The maximum absolute atomic E-state index is 5.34. The molecule has 21 heavy (non-hydrogen) atoms. The molecule has 4 heteroatoms. The van der Waals surface area contributed by atoms with E-state index in [0.29, 0.717) is 12.5 Å². The zero-order chi connectivity index (χ0) is 14.7. The van der Waals surface area contributed by atoms with Crippen molar-refractivity contribution in [2.45, 2.75) is 77.0 Å². The number of hydrogen-bond donors (Lipinski definition) is 1. The summed E-state index contributed by atoms with van der Waals surface area (Å²) in [6, 6.07) is 0.755. The van der Waals surface area contributed by atoms with Crippen LogP contribution in [0.1, 0.15) is 73.4 Å². The van der Waals surface area contributed by atoms with Gasteiger partial charge in [-0.1, -0.05) is 13.3 Å². The lowest BCUT2D eigenvalue weighted by molar-refractivity contribution is 0.181. The lowest BCUT2D eigenvalue weighted by atomic mass is 9.81. The van der Waals surface area contributed by atoms with E-state index >= 15 is 0 Å². The second-order valence-corrected chi connectivity index (χ2v) is 7.75. The Balaban J connectivity index is 1.65. The molecule has 2 saturated carbocycles. The van der Waals surface area contributed by atoms with Gasteiger partial charge >= 0.3 is 0 Å². The van der Waals surface area contributed by atoms with Crippen molar-refractivity contribution in [3.05, 3.63) is 15.6 Å². The number of thiazole rings is 1. The standard InChI is InChI=1S/C17H28N2OS/c1-3-12-4-6-13(7-5-12)17-19-15(11-20-2)16(21-17)10-18-14-8-9-14/h12-14,18H,3-11H2,1-2H3. The number of nitrogens with zero attached hydrogens (tertiary/aromatic N) is 1. The molecular weight excluding hydrogens is 280 g/mol. The molecule has 0 aromatic carbocycles. The van der Waals surface area contributed by atoms with Gasteiger partial charge < -0.3 is 10.1 Å². The van der Waals surface area contributed by atoms with Crippen LogP contribution in [0.25, 0.3) is 0 Å². The number of nitrogens with one attached hydrogen (secondary N) is 1. The molecule has 0 atom stereocenters. The zero-order valence-corrected chi connectivity index (χ0v) is 14.2. The molecule has 2 aliphatic rings. The Kier molecular flexibility index (Phi) is 5.30. The van der Waals surface area contributed by atoms with Gasteiger partial charge in [-0.3, -0.25) is 0 Å². The molecule has 1 aromatic rings. The van der Waals surface area contributed by atoms with Crippen LogP contribution in [0.2, 0.25) is 0 Å². The maximum atomic E-state index is 5.34. The van der Waals surface area contributed by atoms with Crippen molar-refractivity contribution in [2.24, 2.45) is 5.92 Å². The summed E-state index contributed by atoms with van der Waals surface area (Å²) < 4.78 is 5.34. The van der Waals surface area contributed by atoms with E-state index in [9.17, 15) is 0 Å². The lowest BCUT2D eigenvalue weighted by Crippen LogP contribution is -2.15. The predicted octanol–water partition coefficient (Wildman–Crippen LogP) is 4.23. The van der Waals surface area contributed by atoms with Crippen LogP contribution in [0, 0.1) is 5.92 Å². The van der Waals surface area contributed by atoms with E-state index in [1.54, 1.807) is 7.11 Å². The van der Waals surface area contributed by atoms with E-state index in [4.69, 9.17) is 9.72 Å². The first-order valence-electron chi connectivity index (χ1n) is 8.51. The van der Waals surface area contributed by atoms with E-state index in [1.807, 2.05) is 11.3 Å². The molecule has 1 heterocycles. The second kappa shape index (κ2) is 7.21. The maximum Gasteiger partial charge on any atom is 0.0963 e. The van der Waals surface area contributed by atoms with Crippen LogP contribution < -0.4 is 5.32 Å². The molecule has 0 radical (unpaired) electrons. The molecular formula is C17H28N2OS. The molecule has 3 nitrogen and oxygen atoms in total. The summed E-state index contributed by atoms with van der Waals surface area (Å²) in [5.41, 5.74) is 1.17. The van der Waals surface area contributed by atoms with E-state index in [-0.39, 0.29) is 0 Å². The highest BCUT2D eigenvalue weighted by atomic mass is 32.1. The first-order valence-corrected chi connectivity index (χ1v) is 9.32. The molecule has 0 spiro atoms. The summed E-state index contributed by atoms with van der Waals surface area (Å²) in [4.78, 5) is 6.33. The number of aromatic nitrogens is 1. The van der Waals surface area contributed by atoms with Crippen molar-refractivity contribution in [2.75, 3.05) is 7.11 Å². The smallest absolute Gasteiger partial charge is 0.0963 e. The average Bonchev–Trinajstić information content (AvgIpc) is 3.27. The molecule has 0 unspecified atom stereocenters. The summed E-state index contributed by atoms with van der Waals surface area (Å²) in [5, 5.41) is 4.98. The Morgan fingerprint density at radius 1 is 1.19 bits per heavy atom. The quantitative estimate of drug-likeness (QED) is 0.818. The van der Waals surface area contributed by atoms with E-state index in [1.165, 1.54) is 60.5 Å². The molecule has 0 aliphatic heterocycles. The van der Waals surface area contributed by atoms with Gasteiger partial charge in [-0.15, -0.1) is 11.3 Å². The van der Waals surface area contributed by atoms with Gasteiger partial charge in [0.05, 0.1) is 17.3 Å². The number of rotatable bonds is 7. The van der Waals surface area contributed by atoms with Gasteiger partial charge in [-0.2, -0.15) is 0 Å². The minimum atomic E-state index is 0.655. The van der Waals surface area contributed by atoms with Crippen LogP contribution in [-0.4, -0.2) is 18.1 Å². The third-order valence-electron chi connectivity index (χ3n) is 4.98. The van der Waals surface area contributed by atoms with Gasteiger partial charge in [0.15, 0.2) is 0 Å². The van der Waals surface area contributed by atoms with Gasteiger partial charge in [0.2, 0.25) is 0 Å². The SMILES string of the molecule is CCC1CCC(c2nc(COC)c(CNC3CC3)s2)CC1. The molecule has 3 rings (SSSR count). The Hall–Kier alpha value is -0.450. The lowest BCUT2D eigenvalue weighted by Gasteiger charge is -2.26. The average molecular weight is 308 g/mol. The summed E-state index contributed by atoms with van der Waals surface area (Å²) in [7, 11) is 1.77. The molecule has 118 valence electrons. The van der Waals surface area contributed by atoms with Crippen LogP contribution in [0.5, 0.6) is 0 Å². The van der Waals surface area contributed by atoms with E-state index < -0.39 is 0 Å². The van der Waals surface area contributed by atoms with Gasteiger partial charge in [0.25, 0.3) is 0 Å². The third kappa shape index (κ3) is 4.05. The minimum absolute atomic E-state index is 0.655. The summed E-state index contributed by atoms with van der Waals surface area (Å²) >= 11 is 1.93. The van der Waals surface area contributed by atoms with Crippen molar-refractivity contribution >= 4 is 11.3 Å². The predicted molar refractivity (Wildman–Crippen MR) is 87.7 cm³/mol. The first kappa shape index (κ1) is 15.4. The van der Waals surface area contributed by atoms with E-state index in [0.717, 1.165) is 18.5 Å². The van der Waals surface area contributed by atoms with Crippen molar-refractivity contribution in [1.29, 1.82) is 0 Å². The largest absolute Gasteiger partial charge is 0.378 e. The van der Waals surface area contributed by atoms with Crippen LogP contribution >= 0.6 is 11.3 Å². The topological polar surface area (TPSA) is 34.1 Å². The van der Waals surface area contributed by atoms with Crippen molar-refractivity contribution in [1.82, 2.24) is 10.3 Å². The fourth-order valence-electron chi connectivity index (χ4n) is 3.31. The number of methoxy groups -OCH3 is 1. The summed E-state index contributed by atoms with van der Waals surface area (Å²) in [6.07, 6.45) is 9.45. The van der Waals surface area contributed by atoms with Gasteiger partial charge in [-0.25, -0.2) is 4.98 Å². The van der Waals surface area contributed by atoms with Gasteiger partial charge in [0, 0.05) is 30.5 Å². The van der Waals surface area contributed by atoms with Gasteiger partial charge in [0.1, 0.15) is 0 Å². The van der Waals surface area contributed by atoms with Crippen molar-refractivity contribution < 1.29 is 4.74 Å². The fraction of sp³-hybridized carbons (Fsp3) is 0.824. The second-order valence-electron chi connectivity index (χ2n) is 6.64. The number of hydrogen-bond acceptors (Lipinski definition) is 4. The minimum Gasteiger partial charge on any atom is -0.378 e. The first-order chi connectivity index (χ1) is 10.3. The Labute approximate surface area is 132 Å². The molecule has 2 aliphatic carbocycles. The Morgan fingerprint density at radius 3 is 2.57 bits per heavy atom. The van der Waals surface area contributed by atoms with E-state index in [2.05, 4.69) is 12.2 Å². The highest BCUT2D eigenvalue weighted by molar-refractivity contribution is 7.11. The fourth-order valence-corrected chi connectivity index (χ4v) is 4.50. The molecule has 0 amide bonds. The highest BCUT2D eigenvalue weighted by Crippen LogP contribution is 2.39. The number of ether oxygens (including phenoxy) is 1. The van der Waals surface area contributed by atoms with Crippen molar-refractivity contribution in [3.63, 3.8) is 0 Å². The monoisotopic (exact) mass is 308 g/mol. The van der Waals surface area contributed by atoms with Crippen molar-refractivity contribution in [3.8, 4) is 0 Å². The molecule has 1 N–H and O–H groups in total. The summed E-state index contributed by atoms with van der Waals surface area (Å²) in [5.74, 6) is 1.65. The molecule has 2 fully saturated rings. The highest BCUT2D eigenvalue weighted by Gasteiger charge is 2.26. The molecule has 0 bridgehead atoms. The molecule has 1 aromatic heterocycles. The molecule has 0 saturated heterocycles. The van der Waals surface area contributed by atoms with Crippen LogP contribution in [0.15, 0.2) is 0 Å². The van der Waals surface area contributed by atoms with Crippen LogP contribution in [0.4, 0.5) is 0 Å². The normalized spacial score (nSPS) is 26.2. The Morgan fingerprint density at radius 2 is 1.95 bits per heavy atom. The zero-order valence-electron chi connectivity index (χ0n) is 13.4. The summed E-state index contributed by atoms with van der Waals surface area (Å²) in [6.45, 7) is 3.96. The van der Waals surface area contributed by atoms with Gasteiger partial charge in [-0.05, 0) is 44.4 Å². The third-order valence-corrected chi connectivity index (χ3v) is 6.24.